The summed E-state index contributed by atoms with van der Waals surface area (Å²) in [5, 5.41) is 10.4. The quantitative estimate of drug-likeness (QED) is 0.824. The van der Waals surface area contributed by atoms with Crippen LogP contribution in [0.15, 0.2) is 17.5 Å². The van der Waals surface area contributed by atoms with E-state index in [2.05, 4.69) is 0 Å². The summed E-state index contributed by atoms with van der Waals surface area (Å²) in [5.41, 5.74) is 0.781. The number of nitrogens with zero attached hydrogens (tertiary/aromatic N) is 2. The van der Waals surface area contributed by atoms with Crippen LogP contribution in [0.2, 0.25) is 0 Å². The molecule has 1 saturated heterocycles. The van der Waals surface area contributed by atoms with Crippen molar-refractivity contribution in [2.75, 3.05) is 19.6 Å². The smallest absolute Gasteiger partial charge is 0.328 e. The van der Waals surface area contributed by atoms with Crippen LogP contribution in [0.3, 0.4) is 0 Å². The maximum absolute atomic E-state index is 12.0. The zero-order valence-corrected chi connectivity index (χ0v) is 12.4. The molecular formula is C14H16N2O4S. The van der Waals surface area contributed by atoms with Crippen LogP contribution in [0, 0.1) is 0 Å². The minimum Gasteiger partial charge on any atom is -0.478 e. The van der Waals surface area contributed by atoms with E-state index in [9.17, 15) is 14.4 Å². The van der Waals surface area contributed by atoms with Gasteiger partial charge in [0, 0.05) is 17.5 Å². The maximum atomic E-state index is 12.0. The van der Waals surface area contributed by atoms with Crippen LogP contribution in [0.4, 0.5) is 0 Å². The van der Waals surface area contributed by atoms with Crippen LogP contribution in [0.5, 0.6) is 0 Å². The molecule has 1 N–H and O–H groups in total. The standard InChI is InChI=1S/C14H16N2O4S/c1-2-15-7-13(18)16(8-12(15)17)6-11-5-10(9-21-11)3-4-14(19)20/h3-5,9H,2,6-8H2,1H3,(H,19,20)/b4-3+. The van der Waals surface area contributed by atoms with Crippen molar-refractivity contribution in [1.82, 2.24) is 9.80 Å². The van der Waals surface area contributed by atoms with Gasteiger partial charge in [-0.1, -0.05) is 0 Å². The number of thiophene rings is 1. The van der Waals surface area contributed by atoms with Gasteiger partial charge in [-0.2, -0.15) is 0 Å². The molecule has 112 valence electrons. The summed E-state index contributed by atoms with van der Waals surface area (Å²) in [7, 11) is 0. The fraction of sp³-hybridized carbons (Fsp3) is 0.357. The van der Waals surface area contributed by atoms with Gasteiger partial charge in [-0.05, 0) is 30.0 Å². The van der Waals surface area contributed by atoms with Crippen LogP contribution < -0.4 is 0 Å². The number of rotatable bonds is 5. The van der Waals surface area contributed by atoms with Crippen molar-refractivity contribution >= 4 is 35.2 Å². The molecule has 1 aromatic rings. The van der Waals surface area contributed by atoms with E-state index < -0.39 is 5.97 Å². The number of hydrogen-bond acceptors (Lipinski definition) is 4. The molecule has 0 radical (unpaired) electrons. The molecule has 0 unspecified atom stereocenters. The first-order valence-electron chi connectivity index (χ1n) is 6.53. The number of hydrogen-bond donors (Lipinski definition) is 1. The van der Waals surface area contributed by atoms with E-state index in [-0.39, 0.29) is 24.9 Å². The Morgan fingerprint density at radius 3 is 2.67 bits per heavy atom. The van der Waals surface area contributed by atoms with Crippen molar-refractivity contribution in [3.05, 3.63) is 28.0 Å². The van der Waals surface area contributed by atoms with Crippen LogP contribution in [0.25, 0.3) is 6.08 Å². The number of carbonyl (C=O) groups excluding carboxylic acids is 2. The number of amides is 2. The molecule has 21 heavy (non-hydrogen) atoms. The van der Waals surface area contributed by atoms with E-state index in [1.54, 1.807) is 0 Å². The Kier molecular flexibility index (Phi) is 4.74. The van der Waals surface area contributed by atoms with E-state index in [4.69, 9.17) is 5.11 Å². The van der Waals surface area contributed by atoms with Crippen molar-refractivity contribution in [1.29, 1.82) is 0 Å². The molecule has 1 fully saturated rings. The zero-order chi connectivity index (χ0) is 15.4. The summed E-state index contributed by atoms with van der Waals surface area (Å²) in [4.78, 5) is 38.2. The lowest BCUT2D eigenvalue weighted by atomic mass is 10.2. The SMILES string of the molecule is CCN1CC(=O)N(Cc2cc(/C=C/C(=O)O)cs2)CC1=O. The molecule has 0 bridgehead atoms. The molecule has 2 heterocycles. The lowest BCUT2D eigenvalue weighted by Gasteiger charge is -2.32. The van der Waals surface area contributed by atoms with Crippen LogP contribution in [-0.4, -0.2) is 52.3 Å². The second kappa shape index (κ2) is 6.53. The summed E-state index contributed by atoms with van der Waals surface area (Å²) in [5.74, 6) is -1.11. The van der Waals surface area contributed by atoms with Gasteiger partial charge in [-0.25, -0.2) is 4.79 Å². The zero-order valence-electron chi connectivity index (χ0n) is 11.6. The number of aliphatic carboxylic acids is 1. The fourth-order valence-corrected chi connectivity index (χ4v) is 2.93. The van der Waals surface area contributed by atoms with Crippen molar-refractivity contribution in [2.45, 2.75) is 13.5 Å². The lowest BCUT2D eigenvalue weighted by Crippen LogP contribution is -2.53. The minimum absolute atomic E-state index is 0.0420. The molecule has 1 aliphatic rings. The average Bonchev–Trinajstić information content (AvgIpc) is 2.88. The topological polar surface area (TPSA) is 77.9 Å². The van der Waals surface area contributed by atoms with Gasteiger partial charge < -0.3 is 14.9 Å². The predicted octanol–water partition coefficient (Wildman–Crippen LogP) is 1.04. The first-order valence-corrected chi connectivity index (χ1v) is 7.41. The Morgan fingerprint density at radius 2 is 2.00 bits per heavy atom. The minimum atomic E-state index is -1.00. The van der Waals surface area contributed by atoms with Gasteiger partial charge in [-0.15, -0.1) is 11.3 Å². The Labute approximate surface area is 126 Å². The molecule has 7 heteroatoms. The summed E-state index contributed by atoms with van der Waals surface area (Å²) in [6.07, 6.45) is 2.57. The Morgan fingerprint density at radius 1 is 1.33 bits per heavy atom. The van der Waals surface area contributed by atoms with Gasteiger partial charge in [0.1, 0.15) is 6.54 Å². The Balaban J connectivity index is 2.00. The molecular weight excluding hydrogens is 292 g/mol. The number of carboxylic acids is 1. The molecule has 2 amide bonds. The highest BCUT2D eigenvalue weighted by Crippen LogP contribution is 2.19. The molecule has 0 aliphatic carbocycles. The van der Waals surface area contributed by atoms with E-state index in [1.165, 1.54) is 27.2 Å². The van der Waals surface area contributed by atoms with Crippen molar-refractivity contribution in [3.63, 3.8) is 0 Å². The highest BCUT2D eigenvalue weighted by Gasteiger charge is 2.28. The van der Waals surface area contributed by atoms with Crippen LogP contribution in [0.1, 0.15) is 17.4 Å². The van der Waals surface area contributed by atoms with E-state index in [0.717, 1.165) is 16.5 Å². The molecule has 1 aliphatic heterocycles. The predicted molar refractivity (Wildman–Crippen MR) is 78.7 cm³/mol. The fourth-order valence-electron chi connectivity index (χ4n) is 2.06. The molecule has 1 aromatic heterocycles. The first kappa shape index (κ1) is 15.2. The van der Waals surface area contributed by atoms with E-state index in [1.807, 2.05) is 18.4 Å². The summed E-state index contributed by atoms with van der Waals surface area (Å²) >= 11 is 1.44. The van der Waals surface area contributed by atoms with Gasteiger partial charge in [0.2, 0.25) is 11.8 Å². The van der Waals surface area contributed by atoms with Crippen molar-refractivity contribution in [3.8, 4) is 0 Å². The Hall–Kier alpha value is -2.15. The monoisotopic (exact) mass is 308 g/mol. The van der Waals surface area contributed by atoms with E-state index in [0.29, 0.717) is 13.1 Å². The number of piperazine rings is 1. The maximum Gasteiger partial charge on any atom is 0.328 e. The number of carbonyl (C=O) groups is 3. The highest BCUT2D eigenvalue weighted by molar-refractivity contribution is 7.10. The van der Waals surface area contributed by atoms with Gasteiger partial charge in [0.25, 0.3) is 0 Å². The largest absolute Gasteiger partial charge is 0.478 e. The average molecular weight is 308 g/mol. The third-order valence-electron chi connectivity index (χ3n) is 3.18. The van der Waals surface area contributed by atoms with Crippen molar-refractivity contribution < 1.29 is 19.5 Å². The Bertz CT molecular complexity index is 594. The van der Waals surface area contributed by atoms with Gasteiger partial charge in [-0.3, -0.25) is 9.59 Å². The molecule has 0 aromatic carbocycles. The first-order chi connectivity index (χ1) is 9.99. The van der Waals surface area contributed by atoms with Gasteiger partial charge in [0.15, 0.2) is 0 Å². The normalized spacial score (nSPS) is 16.0. The lowest BCUT2D eigenvalue weighted by molar-refractivity contribution is -0.150. The molecule has 6 nitrogen and oxygen atoms in total. The third-order valence-corrected chi connectivity index (χ3v) is 4.12. The van der Waals surface area contributed by atoms with Crippen LogP contribution >= 0.6 is 11.3 Å². The summed E-state index contributed by atoms with van der Waals surface area (Å²) in [6, 6.07) is 1.83. The van der Waals surface area contributed by atoms with E-state index >= 15 is 0 Å². The molecule has 0 spiro atoms. The third kappa shape index (κ3) is 3.91. The second-order valence-corrected chi connectivity index (χ2v) is 5.67. The highest BCUT2D eigenvalue weighted by atomic mass is 32.1. The van der Waals surface area contributed by atoms with Crippen molar-refractivity contribution in [2.24, 2.45) is 0 Å². The van der Waals surface area contributed by atoms with Gasteiger partial charge in [0.05, 0.1) is 13.1 Å². The van der Waals surface area contributed by atoms with Gasteiger partial charge >= 0.3 is 5.97 Å². The second-order valence-electron chi connectivity index (χ2n) is 4.68. The number of carboxylic acid groups (broad SMARTS) is 1. The molecule has 0 atom stereocenters. The molecule has 0 saturated carbocycles. The summed E-state index contributed by atoms with van der Waals surface area (Å²) < 4.78 is 0. The molecule has 2 rings (SSSR count). The number of likely N-dealkylation sites (N-methyl/N-ethyl adjacent to an activating group) is 1. The van der Waals surface area contributed by atoms with Crippen LogP contribution in [-0.2, 0) is 20.9 Å². The summed E-state index contributed by atoms with van der Waals surface area (Å²) in [6.45, 7) is 3.01.